The van der Waals surface area contributed by atoms with E-state index in [9.17, 15) is 9.59 Å². The minimum Gasteiger partial charge on any atom is -0.352 e. The van der Waals surface area contributed by atoms with E-state index in [2.05, 4.69) is 33.0 Å². The van der Waals surface area contributed by atoms with Crippen LogP contribution in [0.1, 0.15) is 59.8 Å². The Kier molecular flexibility index (Phi) is 5.81. The van der Waals surface area contributed by atoms with Crippen LogP contribution in [0.15, 0.2) is 0 Å². The summed E-state index contributed by atoms with van der Waals surface area (Å²) in [4.78, 5) is 26.8. The molecular weight excluding hydrogens is 296 g/mol. The first-order valence-electron chi connectivity index (χ1n) is 8.44. The third-order valence-electron chi connectivity index (χ3n) is 4.55. The summed E-state index contributed by atoms with van der Waals surface area (Å²) >= 11 is 1.68. The SMILES string of the molecule is CC1CCC(NC(=O)C2CSCN2C(=O)CC(C)(C)C)CC1. The predicted octanol–water partition coefficient (Wildman–Crippen LogP) is 3.02. The lowest BCUT2D eigenvalue weighted by Crippen LogP contribution is -2.50. The van der Waals surface area contributed by atoms with Gasteiger partial charge in [0.25, 0.3) is 0 Å². The molecule has 2 rings (SSSR count). The molecule has 2 aliphatic rings. The topological polar surface area (TPSA) is 49.4 Å². The first-order chi connectivity index (χ1) is 10.3. The van der Waals surface area contributed by atoms with Crippen molar-refractivity contribution in [2.24, 2.45) is 11.3 Å². The van der Waals surface area contributed by atoms with Gasteiger partial charge in [0.1, 0.15) is 6.04 Å². The maximum absolute atomic E-state index is 12.6. The molecule has 2 amide bonds. The molecule has 0 bridgehead atoms. The predicted molar refractivity (Wildman–Crippen MR) is 91.6 cm³/mol. The number of hydrogen-bond donors (Lipinski definition) is 1. The first kappa shape index (κ1) is 17.6. The third kappa shape index (κ3) is 4.90. The number of amides is 2. The maximum atomic E-state index is 12.6. The Balaban J connectivity index is 1.89. The summed E-state index contributed by atoms with van der Waals surface area (Å²) in [6.07, 6.45) is 5.03. The van der Waals surface area contributed by atoms with Crippen molar-refractivity contribution < 1.29 is 9.59 Å². The molecule has 0 spiro atoms. The van der Waals surface area contributed by atoms with Crippen molar-refractivity contribution in [1.29, 1.82) is 0 Å². The molecule has 0 aromatic rings. The van der Waals surface area contributed by atoms with E-state index in [-0.39, 0.29) is 23.3 Å². The Labute approximate surface area is 138 Å². The Hall–Kier alpha value is -0.710. The van der Waals surface area contributed by atoms with E-state index in [4.69, 9.17) is 0 Å². The fourth-order valence-corrected chi connectivity index (χ4v) is 4.34. The van der Waals surface area contributed by atoms with E-state index >= 15 is 0 Å². The zero-order chi connectivity index (χ0) is 16.3. The molecule has 1 heterocycles. The van der Waals surface area contributed by atoms with Crippen LogP contribution in [0, 0.1) is 11.3 Å². The normalized spacial score (nSPS) is 29.5. The average molecular weight is 327 g/mol. The number of nitrogens with one attached hydrogen (secondary N) is 1. The molecule has 126 valence electrons. The molecule has 1 saturated heterocycles. The number of carbonyl (C=O) groups is 2. The highest BCUT2D eigenvalue weighted by Crippen LogP contribution is 2.28. The summed E-state index contributed by atoms with van der Waals surface area (Å²) in [7, 11) is 0. The molecule has 1 N–H and O–H groups in total. The molecule has 1 aliphatic carbocycles. The van der Waals surface area contributed by atoms with Crippen LogP contribution in [0.3, 0.4) is 0 Å². The second-order valence-electron chi connectivity index (χ2n) is 8.08. The summed E-state index contributed by atoms with van der Waals surface area (Å²) in [5.41, 5.74) is -0.0368. The van der Waals surface area contributed by atoms with Crippen LogP contribution in [0.4, 0.5) is 0 Å². The van der Waals surface area contributed by atoms with Crippen molar-refractivity contribution in [3.63, 3.8) is 0 Å². The molecule has 5 heteroatoms. The largest absolute Gasteiger partial charge is 0.352 e. The molecule has 0 aromatic carbocycles. The standard InChI is InChI=1S/C17H30N2O2S/c1-12-5-7-13(8-6-12)18-16(21)14-10-22-11-19(14)15(20)9-17(2,3)4/h12-14H,5-11H2,1-4H3,(H,18,21). The van der Waals surface area contributed by atoms with Crippen LogP contribution < -0.4 is 5.32 Å². The average Bonchev–Trinajstić information content (AvgIpc) is 2.89. The fourth-order valence-electron chi connectivity index (χ4n) is 3.16. The van der Waals surface area contributed by atoms with Gasteiger partial charge in [0.05, 0.1) is 5.88 Å². The molecular formula is C17H30N2O2S. The number of carbonyl (C=O) groups excluding carboxylic acids is 2. The van der Waals surface area contributed by atoms with Crippen LogP contribution >= 0.6 is 11.8 Å². The van der Waals surface area contributed by atoms with Gasteiger partial charge >= 0.3 is 0 Å². The fraction of sp³-hybridized carbons (Fsp3) is 0.882. The monoisotopic (exact) mass is 326 g/mol. The van der Waals surface area contributed by atoms with Gasteiger partial charge < -0.3 is 10.2 Å². The van der Waals surface area contributed by atoms with Gasteiger partial charge in [-0.15, -0.1) is 11.8 Å². The van der Waals surface area contributed by atoms with Gasteiger partial charge in [0.2, 0.25) is 11.8 Å². The molecule has 1 atom stereocenters. The summed E-state index contributed by atoms with van der Waals surface area (Å²) in [5, 5.41) is 3.18. The van der Waals surface area contributed by atoms with Gasteiger partial charge in [-0.1, -0.05) is 27.7 Å². The van der Waals surface area contributed by atoms with E-state index in [1.165, 1.54) is 12.8 Å². The zero-order valence-electron chi connectivity index (χ0n) is 14.4. The van der Waals surface area contributed by atoms with E-state index in [0.29, 0.717) is 18.3 Å². The smallest absolute Gasteiger partial charge is 0.243 e. The first-order valence-corrected chi connectivity index (χ1v) is 9.59. The molecule has 22 heavy (non-hydrogen) atoms. The lowest BCUT2D eigenvalue weighted by atomic mass is 9.87. The number of nitrogens with zero attached hydrogens (tertiary/aromatic N) is 1. The highest BCUT2D eigenvalue weighted by Gasteiger charge is 2.36. The Bertz CT molecular complexity index is 411. The highest BCUT2D eigenvalue weighted by molar-refractivity contribution is 7.99. The summed E-state index contributed by atoms with van der Waals surface area (Å²) in [5.74, 6) is 2.31. The van der Waals surface area contributed by atoms with E-state index in [0.717, 1.165) is 24.5 Å². The van der Waals surface area contributed by atoms with Gasteiger partial charge in [-0.3, -0.25) is 9.59 Å². The van der Waals surface area contributed by atoms with Gasteiger partial charge in [-0.2, -0.15) is 0 Å². The van der Waals surface area contributed by atoms with Crippen molar-refractivity contribution in [3.8, 4) is 0 Å². The van der Waals surface area contributed by atoms with Crippen molar-refractivity contribution in [2.45, 2.75) is 71.9 Å². The van der Waals surface area contributed by atoms with E-state index in [1.807, 2.05) is 0 Å². The zero-order valence-corrected chi connectivity index (χ0v) is 15.2. The van der Waals surface area contributed by atoms with Gasteiger partial charge in [0, 0.05) is 18.2 Å². The van der Waals surface area contributed by atoms with Crippen LogP contribution in [0.25, 0.3) is 0 Å². The minimum atomic E-state index is -0.279. The molecule has 0 radical (unpaired) electrons. The minimum absolute atomic E-state index is 0.0368. The second kappa shape index (κ2) is 7.24. The van der Waals surface area contributed by atoms with E-state index in [1.54, 1.807) is 16.7 Å². The van der Waals surface area contributed by atoms with E-state index < -0.39 is 0 Å². The van der Waals surface area contributed by atoms with Crippen LogP contribution in [0.5, 0.6) is 0 Å². The van der Waals surface area contributed by atoms with Gasteiger partial charge in [0.15, 0.2) is 0 Å². The van der Waals surface area contributed by atoms with Crippen molar-refractivity contribution in [1.82, 2.24) is 10.2 Å². The number of hydrogen-bond acceptors (Lipinski definition) is 3. The Morgan fingerprint density at radius 2 is 1.82 bits per heavy atom. The molecule has 1 aliphatic heterocycles. The van der Waals surface area contributed by atoms with Gasteiger partial charge in [-0.25, -0.2) is 0 Å². The van der Waals surface area contributed by atoms with Crippen LogP contribution in [0.2, 0.25) is 0 Å². The van der Waals surface area contributed by atoms with Crippen LogP contribution in [-0.2, 0) is 9.59 Å². The maximum Gasteiger partial charge on any atom is 0.243 e. The molecule has 0 aromatic heterocycles. The Morgan fingerprint density at radius 3 is 2.41 bits per heavy atom. The van der Waals surface area contributed by atoms with Crippen molar-refractivity contribution in [2.75, 3.05) is 11.6 Å². The molecule has 4 nitrogen and oxygen atoms in total. The molecule has 1 saturated carbocycles. The Morgan fingerprint density at radius 1 is 1.18 bits per heavy atom. The number of thioether (sulfide) groups is 1. The lowest BCUT2D eigenvalue weighted by Gasteiger charge is -2.30. The summed E-state index contributed by atoms with van der Waals surface area (Å²) < 4.78 is 0. The summed E-state index contributed by atoms with van der Waals surface area (Å²) in [6.45, 7) is 8.46. The van der Waals surface area contributed by atoms with Gasteiger partial charge in [-0.05, 0) is 37.0 Å². The lowest BCUT2D eigenvalue weighted by molar-refractivity contribution is -0.139. The quantitative estimate of drug-likeness (QED) is 0.867. The van der Waals surface area contributed by atoms with Crippen LogP contribution in [-0.4, -0.2) is 40.4 Å². The van der Waals surface area contributed by atoms with Crippen molar-refractivity contribution in [3.05, 3.63) is 0 Å². The number of rotatable bonds is 3. The molecule has 1 unspecified atom stereocenters. The highest BCUT2D eigenvalue weighted by atomic mass is 32.2. The van der Waals surface area contributed by atoms with Crippen molar-refractivity contribution >= 4 is 23.6 Å². The molecule has 2 fully saturated rings. The third-order valence-corrected chi connectivity index (χ3v) is 5.56. The second-order valence-corrected chi connectivity index (χ2v) is 9.08. The summed E-state index contributed by atoms with van der Waals surface area (Å²) in [6, 6.07) is 0.0214.